The molecule has 3 nitrogen and oxygen atoms in total. The molecule has 0 amide bonds. The number of ketones is 1. The number of Topliss-reactive ketones (excluding diaryl/α,β-unsaturated/α-hetero) is 1. The number of ether oxygens (including phenoxy) is 2. The van der Waals surface area contributed by atoms with E-state index in [0.29, 0.717) is 17.1 Å². The van der Waals surface area contributed by atoms with E-state index in [4.69, 9.17) is 9.47 Å². The van der Waals surface area contributed by atoms with Crippen LogP contribution in [-0.2, 0) is 14.3 Å². The Morgan fingerprint density at radius 2 is 1.67 bits per heavy atom. The highest BCUT2D eigenvalue weighted by molar-refractivity contribution is 5.87. The fraction of sp³-hybridized carbons (Fsp3) is 0.857. The van der Waals surface area contributed by atoms with E-state index >= 15 is 0 Å². The molecule has 3 unspecified atom stereocenters. The average Bonchev–Trinajstić information content (AvgIpc) is 3.14. The molecule has 0 aromatic heterocycles. The van der Waals surface area contributed by atoms with Crippen LogP contribution in [0.1, 0.15) is 65.2 Å². The smallest absolute Gasteiger partial charge is 0.188 e. The molecule has 132 valence electrons. The molecule has 0 aromatic carbocycles. The zero-order chi connectivity index (χ0) is 16.6. The normalized spacial score (nSPS) is 49.5. The molecule has 5 rings (SSSR count). The molecule has 3 heteroatoms. The van der Waals surface area contributed by atoms with E-state index in [1.807, 2.05) is 0 Å². The maximum absolute atomic E-state index is 12.5. The summed E-state index contributed by atoms with van der Waals surface area (Å²) in [6.07, 6.45) is 11.3. The minimum Gasteiger partial charge on any atom is -0.344 e. The standard InChI is InChI=1S/C21H30O3/c1-19-9-10-21(23-11-12-24-21)13-14(19)3-4-15-16-5-6-18(22)20(16,2)8-7-17(15)19/h13,15-17H,3-12H2,1-2H3/t15?,16?,17?,19-,20-/m1/s1. The van der Waals surface area contributed by atoms with E-state index in [2.05, 4.69) is 19.9 Å². The van der Waals surface area contributed by atoms with Crippen molar-refractivity contribution in [1.29, 1.82) is 0 Å². The van der Waals surface area contributed by atoms with E-state index in [1.54, 1.807) is 5.57 Å². The van der Waals surface area contributed by atoms with Crippen LogP contribution in [-0.4, -0.2) is 24.8 Å². The zero-order valence-corrected chi connectivity index (χ0v) is 15.1. The van der Waals surface area contributed by atoms with Crippen molar-refractivity contribution >= 4 is 5.78 Å². The molecule has 4 fully saturated rings. The second-order valence-corrected chi connectivity index (χ2v) is 9.43. The topological polar surface area (TPSA) is 35.5 Å². The number of fused-ring (bicyclic) bond motifs is 5. The van der Waals surface area contributed by atoms with Crippen molar-refractivity contribution in [2.75, 3.05) is 13.2 Å². The quantitative estimate of drug-likeness (QED) is 0.623. The van der Waals surface area contributed by atoms with Gasteiger partial charge in [0.15, 0.2) is 5.79 Å². The molecule has 24 heavy (non-hydrogen) atoms. The summed E-state index contributed by atoms with van der Waals surface area (Å²) in [4.78, 5) is 12.5. The van der Waals surface area contributed by atoms with Crippen molar-refractivity contribution in [3.05, 3.63) is 11.6 Å². The van der Waals surface area contributed by atoms with E-state index in [-0.39, 0.29) is 5.41 Å². The Morgan fingerprint density at radius 1 is 0.917 bits per heavy atom. The molecule has 3 saturated carbocycles. The van der Waals surface area contributed by atoms with Gasteiger partial charge >= 0.3 is 0 Å². The van der Waals surface area contributed by atoms with Crippen LogP contribution in [0, 0.1) is 28.6 Å². The predicted molar refractivity (Wildman–Crippen MR) is 91.3 cm³/mol. The van der Waals surface area contributed by atoms with Crippen LogP contribution >= 0.6 is 0 Å². The third-order valence-electron chi connectivity index (χ3n) is 8.61. The number of hydrogen-bond donors (Lipinski definition) is 0. The second kappa shape index (κ2) is 4.94. The van der Waals surface area contributed by atoms with Gasteiger partial charge in [-0.15, -0.1) is 0 Å². The Hall–Kier alpha value is -0.670. The Morgan fingerprint density at radius 3 is 2.46 bits per heavy atom. The van der Waals surface area contributed by atoms with Crippen molar-refractivity contribution < 1.29 is 14.3 Å². The highest BCUT2D eigenvalue weighted by atomic mass is 16.7. The second-order valence-electron chi connectivity index (χ2n) is 9.43. The largest absolute Gasteiger partial charge is 0.344 e. The lowest BCUT2D eigenvalue weighted by atomic mass is 9.47. The molecule has 1 heterocycles. The van der Waals surface area contributed by atoms with Crippen LogP contribution in [0.2, 0.25) is 0 Å². The summed E-state index contributed by atoms with van der Waals surface area (Å²) < 4.78 is 11.9. The van der Waals surface area contributed by atoms with Crippen molar-refractivity contribution in [2.24, 2.45) is 28.6 Å². The summed E-state index contributed by atoms with van der Waals surface area (Å²) in [5, 5.41) is 0. The number of allylic oxidation sites excluding steroid dienone is 1. The van der Waals surface area contributed by atoms with E-state index in [9.17, 15) is 4.79 Å². The minimum absolute atomic E-state index is 0.00763. The lowest BCUT2D eigenvalue weighted by molar-refractivity contribution is -0.146. The summed E-state index contributed by atoms with van der Waals surface area (Å²) in [6, 6.07) is 0. The van der Waals surface area contributed by atoms with Gasteiger partial charge in [-0.3, -0.25) is 4.79 Å². The fourth-order valence-corrected chi connectivity index (χ4v) is 7.15. The maximum atomic E-state index is 12.5. The minimum atomic E-state index is -0.409. The molecule has 5 atom stereocenters. The van der Waals surface area contributed by atoms with Gasteiger partial charge in [-0.2, -0.15) is 0 Å². The van der Waals surface area contributed by atoms with Gasteiger partial charge in [0.25, 0.3) is 0 Å². The lowest BCUT2D eigenvalue weighted by Crippen LogP contribution is -2.52. The van der Waals surface area contributed by atoms with E-state index < -0.39 is 5.79 Å². The highest BCUT2D eigenvalue weighted by Crippen LogP contribution is 2.65. The summed E-state index contributed by atoms with van der Waals surface area (Å²) in [5.41, 5.74) is 1.88. The first kappa shape index (κ1) is 15.6. The Balaban J connectivity index is 1.48. The lowest BCUT2D eigenvalue weighted by Gasteiger charge is -2.58. The van der Waals surface area contributed by atoms with Crippen LogP contribution in [0.5, 0.6) is 0 Å². The van der Waals surface area contributed by atoms with E-state index in [0.717, 1.165) is 50.7 Å². The molecule has 1 saturated heterocycles. The molecule has 0 bridgehead atoms. The van der Waals surface area contributed by atoms with Crippen LogP contribution in [0.4, 0.5) is 0 Å². The van der Waals surface area contributed by atoms with Gasteiger partial charge in [0.05, 0.1) is 13.2 Å². The third kappa shape index (κ3) is 1.89. The average molecular weight is 330 g/mol. The van der Waals surface area contributed by atoms with Crippen LogP contribution in [0.25, 0.3) is 0 Å². The summed E-state index contributed by atoms with van der Waals surface area (Å²) in [6.45, 7) is 6.23. The summed E-state index contributed by atoms with van der Waals surface area (Å²) in [5.74, 6) is 2.27. The van der Waals surface area contributed by atoms with Crippen molar-refractivity contribution in [3.8, 4) is 0 Å². The van der Waals surface area contributed by atoms with E-state index in [1.165, 1.54) is 25.7 Å². The van der Waals surface area contributed by atoms with Crippen molar-refractivity contribution in [2.45, 2.75) is 71.0 Å². The van der Waals surface area contributed by atoms with Gasteiger partial charge in [0, 0.05) is 18.3 Å². The monoisotopic (exact) mass is 330 g/mol. The molecule has 0 radical (unpaired) electrons. The molecule has 1 aliphatic heterocycles. The molecule has 4 aliphatic carbocycles. The fourth-order valence-electron chi connectivity index (χ4n) is 7.15. The Labute approximate surface area is 145 Å². The predicted octanol–water partition coefficient (Wildman–Crippen LogP) is 4.26. The first-order valence-corrected chi connectivity index (χ1v) is 10.0. The molecule has 5 aliphatic rings. The molecule has 0 N–H and O–H groups in total. The van der Waals surface area contributed by atoms with Crippen LogP contribution in [0.3, 0.4) is 0 Å². The van der Waals surface area contributed by atoms with Gasteiger partial charge < -0.3 is 9.47 Å². The van der Waals surface area contributed by atoms with Gasteiger partial charge in [0.1, 0.15) is 5.78 Å². The van der Waals surface area contributed by atoms with Gasteiger partial charge in [-0.25, -0.2) is 0 Å². The first-order chi connectivity index (χ1) is 11.5. The van der Waals surface area contributed by atoms with Crippen molar-refractivity contribution in [1.82, 2.24) is 0 Å². The first-order valence-electron chi connectivity index (χ1n) is 10.0. The number of rotatable bonds is 0. The number of carbonyl (C=O) groups is 1. The van der Waals surface area contributed by atoms with Gasteiger partial charge in [-0.05, 0) is 67.8 Å². The van der Waals surface area contributed by atoms with Gasteiger partial charge in [-0.1, -0.05) is 19.4 Å². The summed E-state index contributed by atoms with van der Waals surface area (Å²) >= 11 is 0. The number of carbonyl (C=O) groups excluding carboxylic acids is 1. The van der Waals surface area contributed by atoms with Crippen LogP contribution < -0.4 is 0 Å². The number of hydrogen-bond acceptors (Lipinski definition) is 3. The molecule has 0 aromatic rings. The van der Waals surface area contributed by atoms with Crippen LogP contribution in [0.15, 0.2) is 11.6 Å². The third-order valence-corrected chi connectivity index (χ3v) is 8.61. The SMILES string of the molecule is C[C@@]12CCC3C(CCC4=CC5(CC[C@]43C)OCCO5)C1CCC2=O. The Bertz CT molecular complexity index is 602. The van der Waals surface area contributed by atoms with Crippen molar-refractivity contribution in [3.63, 3.8) is 0 Å². The zero-order valence-electron chi connectivity index (χ0n) is 15.1. The summed E-state index contributed by atoms with van der Waals surface area (Å²) in [7, 11) is 0. The Kier molecular flexibility index (Phi) is 3.21. The van der Waals surface area contributed by atoms with Gasteiger partial charge in [0.2, 0.25) is 0 Å². The molecular weight excluding hydrogens is 300 g/mol. The molecular formula is C21H30O3. The maximum Gasteiger partial charge on any atom is 0.188 e. The molecule has 1 spiro atoms. The highest BCUT2D eigenvalue weighted by Gasteiger charge is 2.60.